The Morgan fingerprint density at radius 3 is 2.96 bits per heavy atom. The van der Waals surface area contributed by atoms with Crippen LogP contribution in [0.25, 0.3) is 5.65 Å². The van der Waals surface area contributed by atoms with E-state index in [0.717, 1.165) is 29.7 Å². The van der Waals surface area contributed by atoms with Crippen LogP contribution in [0.1, 0.15) is 40.6 Å². The highest BCUT2D eigenvalue weighted by atomic mass is 16.2. The minimum Gasteiger partial charge on any atom is -0.342 e. The van der Waals surface area contributed by atoms with Crippen LogP contribution >= 0.6 is 0 Å². The molecule has 3 aromatic rings. The summed E-state index contributed by atoms with van der Waals surface area (Å²) in [6.45, 7) is 2.04. The van der Waals surface area contributed by atoms with E-state index in [1.54, 1.807) is 12.4 Å². The smallest absolute Gasteiger partial charge is 0.272 e. The molecule has 0 aliphatic heterocycles. The molecule has 116 valence electrons. The molecule has 3 heterocycles. The number of rotatable bonds is 4. The average molecular weight is 306 g/mol. The third-order valence-electron chi connectivity index (χ3n) is 4.23. The second-order valence-electron chi connectivity index (χ2n) is 6.14. The number of pyridine rings is 2. The number of nitrogens with one attached hydrogen (secondary N) is 1. The van der Waals surface area contributed by atoms with Crippen molar-refractivity contribution >= 4 is 11.6 Å². The molecule has 0 aromatic carbocycles. The van der Waals surface area contributed by atoms with Crippen LogP contribution in [0.15, 0.2) is 48.9 Å². The first kappa shape index (κ1) is 13.9. The largest absolute Gasteiger partial charge is 0.342 e. The van der Waals surface area contributed by atoms with Gasteiger partial charge in [0.25, 0.3) is 5.91 Å². The fourth-order valence-corrected chi connectivity index (χ4v) is 2.85. The molecule has 1 amide bonds. The summed E-state index contributed by atoms with van der Waals surface area (Å²) in [5.41, 5.74) is 3.30. The Bertz CT molecular complexity index is 833. The van der Waals surface area contributed by atoms with E-state index in [-0.39, 0.29) is 11.9 Å². The van der Waals surface area contributed by atoms with Crippen LogP contribution in [0.4, 0.5) is 0 Å². The van der Waals surface area contributed by atoms with Crippen molar-refractivity contribution in [3.8, 4) is 0 Å². The highest BCUT2D eigenvalue weighted by Crippen LogP contribution is 2.40. The molecule has 1 aliphatic carbocycles. The van der Waals surface area contributed by atoms with Crippen molar-refractivity contribution in [2.45, 2.75) is 25.8 Å². The number of hydrogen-bond acceptors (Lipinski definition) is 3. The maximum Gasteiger partial charge on any atom is 0.272 e. The molecule has 1 N–H and O–H groups in total. The maximum atomic E-state index is 12.6. The van der Waals surface area contributed by atoms with Crippen LogP contribution in [0.5, 0.6) is 0 Å². The summed E-state index contributed by atoms with van der Waals surface area (Å²) in [6, 6.07) is 9.70. The number of imidazole rings is 1. The zero-order chi connectivity index (χ0) is 15.8. The average Bonchev–Trinajstić information content (AvgIpc) is 3.29. The fourth-order valence-electron chi connectivity index (χ4n) is 2.85. The molecule has 1 aliphatic rings. The quantitative estimate of drug-likeness (QED) is 0.806. The van der Waals surface area contributed by atoms with Gasteiger partial charge >= 0.3 is 0 Å². The Hall–Kier alpha value is -2.69. The lowest BCUT2D eigenvalue weighted by atomic mass is 10.1. The van der Waals surface area contributed by atoms with Crippen LogP contribution in [-0.4, -0.2) is 20.3 Å². The SMILES string of the molecule is Cc1ccnc(C(NC(=O)c2cn3ccccc3n2)C2CC2)c1. The standard InChI is InChI=1S/C18H18N4O/c1-12-7-8-19-14(10-12)17(13-5-6-13)21-18(23)15-11-22-9-3-2-4-16(22)20-15/h2-4,7-11,13,17H,5-6H2,1H3,(H,21,23). The van der Waals surface area contributed by atoms with Gasteiger partial charge in [-0.05, 0) is 55.5 Å². The van der Waals surface area contributed by atoms with E-state index >= 15 is 0 Å². The molecule has 0 saturated heterocycles. The van der Waals surface area contributed by atoms with Crippen molar-refractivity contribution in [3.63, 3.8) is 0 Å². The highest BCUT2D eigenvalue weighted by Gasteiger charge is 2.34. The lowest BCUT2D eigenvalue weighted by molar-refractivity contribution is 0.0926. The number of aryl methyl sites for hydroxylation is 1. The normalized spacial score (nSPS) is 15.5. The number of fused-ring (bicyclic) bond motifs is 1. The van der Waals surface area contributed by atoms with Gasteiger partial charge in [-0.25, -0.2) is 4.98 Å². The van der Waals surface area contributed by atoms with Gasteiger partial charge in [-0.2, -0.15) is 0 Å². The molecule has 3 aromatic heterocycles. The molecule has 1 saturated carbocycles. The molecular weight excluding hydrogens is 288 g/mol. The van der Waals surface area contributed by atoms with Gasteiger partial charge in [0, 0.05) is 18.6 Å². The first-order chi connectivity index (χ1) is 11.2. The second kappa shape index (κ2) is 5.50. The van der Waals surface area contributed by atoms with Crippen molar-refractivity contribution in [2.24, 2.45) is 5.92 Å². The molecule has 5 nitrogen and oxygen atoms in total. The third-order valence-corrected chi connectivity index (χ3v) is 4.23. The van der Waals surface area contributed by atoms with E-state index in [2.05, 4.69) is 15.3 Å². The second-order valence-corrected chi connectivity index (χ2v) is 6.14. The summed E-state index contributed by atoms with van der Waals surface area (Å²) in [4.78, 5) is 21.4. The van der Waals surface area contributed by atoms with E-state index in [9.17, 15) is 4.79 Å². The molecular formula is C18H18N4O. The van der Waals surface area contributed by atoms with E-state index in [1.807, 2.05) is 47.9 Å². The molecule has 4 rings (SSSR count). The van der Waals surface area contributed by atoms with Gasteiger partial charge in [0.2, 0.25) is 0 Å². The molecule has 0 spiro atoms. The van der Waals surface area contributed by atoms with Gasteiger partial charge in [-0.15, -0.1) is 0 Å². The minimum absolute atomic E-state index is 0.0350. The Labute approximate surface area is 134 Å². The third kappa shape index (κ3) is 2.82. The number of aromatic nitrogens is 3. The Morgan fingerprint density at radius 2 is 2.22 bits per heavy atom. The van der Waals surface area contributed by atoms with Crippen LogP contribution in [0.2, 0.25) is 0 Å². The predicted molar refractivity (Wildman–Crippen MR) is 87.1 cm³/mol. The summed E-state index contributed by atoms with van der Waals surface area (Å²) in [5, 5.41) is 3.12. The van der Waals surface area contributed by atoms with Crippen LogP contribution in [0, 0.1) is 12.8 Å². The number of carbonyl (C=O) groups is 1. The minimum atomic E-state index is -0.145. The first-order valence-electron chi connectivity index (χ1n) is 7.88. The maximum absolute atomic E-state index is 12.6. The predicted octanol–water partition coefficient (Wildman–Crippen LogP) is 2.92. The van der Waals surface area contributed by atoms with Crippen LogP contribution in [0.3, 0.4) is 0 Å². The van der Waals surface area contributed by atoms with Crippen molar-refractivity contribution in [2.75, 3.05) is 0 Å². The van der Waals surface area contributed by atoms with Crippen molar-refractivity contribution in [1.82, 2.24) is 19.7 Å². The van der Waals surface area contributed by atoms with Gasteiger partial charge in [-0.1, -0.05) is 6.07 Å². The van der Waals surface area contributed by atoms with Gasteiger partial charge in [-0.3, -0.25) is 9.78 Å². The molecule has 1 atom stereocenters. The zero-order valence-electron chi connectivity index (χ0n) is 12.9. The number of amides is 1. The van der Waals surface area contributed by atoms with Crippen molar-refractivity contribution in [1.29, 1.82) is 0 Å². The lowest BCUT2D eigenvalue weighted by Gasteiger charge is -2.17. The molecule has 5 heteroatoms. The Morgan fingerprint density at radius 1 is 1.35 bits per heavy atom. The summed E-state index contributed by atoms with van der Waals surface area (Å²) in [5.74, 6) is 0.333. The van der Waals surface area contributed by atoms with Crippen LogP contribution in [-0.2, 0) is 0 Å². The summed E-state index contributed by atoms with van der Waals surface area (Å²) in [6.07, 6.45) is 7.71. The van der Waals surface area contributed by atoms with Crippen LogP contribution < -0.4 is 5.32 Å². The molecule has 1 fully saturated rings. The molecule has 0 radical (unpaired) electrons. The Kier molecular flexibility index (Phi) is 3.33. The topological polar surface area (TPSA) is 59.3 Å². The van der Waals surface area contributed by atoms with Crippen molar-refractivity contribution in [3.05, 3.63) is 65.9 Å². The van der Waals surface area contributed by atoms with Gasteiger partial charge in [0.1, 0.15) is 11.3 Å². The van der Waals surface area contributed by atoms with E-state index in [4.69, 9.17) is 0 Å². The van der Waals surface area contributed by atoms with Crippen molar-refractivity contribution < 1.29 is 4.79 Å². The van der Waals surface area contributed by atoms with E-state index < -0.39 is 0 Å². The summed E-state index contributed by atoms with van der Waals surface area (Å²) < 4.78 is 1.85. The van der Waals surface area contributed by atoms with E-state index in [0.29, 0.717) is 11.6 Å². The monoisotopic (exact) mass is 306 g/mol. The molecule has 1 unspecified atom stereocenters. The molecule has 0 bridgehead atoms. The number of hydrogen-bond donors (Lipinski definition) is 1. The fraction of sp³-hybridized carbons (Fsp3) is 0.278. The van der Waals surface area contributed by atoms with Gasteiger partial charge in [0.05, 0.1) is 11.7 Å². The first-order valence-corrected chi connectivity index (χ1v) is 7.88. The Balaban J connectivity index is 1.60. The number of carbonyl (C=O) groups excluding carboxylic acids is 1. The number of nitrogens with zero attached hydrogens (tertiary/aromatic N) is 3. The summed E-state index contributed by atoms with van der Waals surface area (Å²) in [7, 11) is 0. The molecule has 23 heavy (non-hydrogen) atoms. The van der Waals surface area contributed by atoms with Gasteiger partial charge < -0.3 is 9.72 Å². The van der Waals surface area contributed by atoms with Gasteiger partial charge in [0.15, 0.2) is 0 Å². The lowest BCUT2D eigenvalue weighted by Crippen LogP contribution is -2.30. The highest BCUT2D eigenvalue weighted by molar-refractivity contribution is 5.93. The zero-order valence-corrected chi connectivity index (χ0v) is 12.9. The van der Waals surface area contributed by atoms with E-state index in [1.165, 1.54) is 0 Å². The summed E-state index contributed by atoms with van der Waals surface area (Å²) >= 11 is 0.